The van der Waals surface area contributed by atoms with E-state index >= 15 is 4.39 Å². The van der Waals surface area contributed by atoms with Gasteiger partial charge >= 0.3 is 0 Å². The van der Waals surface area contributed by atoms with E-state index in [2.05, 4.69) is 15.3 Å². The number of ketones is 1. The first kappa shape index (κ1) is 32.2. The smallest absolute Gasteiger partial charge is 0.244 e. The van der Waals surface area contributed by atoms with Crippen LogP contribution in [0.2, 0.25) is 0 Å². The lowest BCUT2D eigenvalue weighted by Gasteiger charge is -2.35. The molecular formula is C32H31F4N5O3S. The first-order valence-electron chi connectivity index (χ1n) is 14.3. The predicted molar refractivity (Wildman–Crippen MR) is 160 cm³/mol. The number of benzene rings is 2. The topological polar surface area (TPSA) is 118 Å². The van der Waals surface area contributed by atoms with Gasteiger partial charge in [0.15, 0.2) is 0 Å². The Morgan fingerprint density at radius 1 is 0.956 bits per heavy atom. The van der Waals surface area contributed by atoms with Crippen LogP contribution in [0.15, 0.2) is 78.1 Å². The average Bonchev–Trinajstić information content (AvgIpc) is 3.00. The van der Waals surface area contributed by atoms with Crippen molar-refractivity contribution in [1.82, 2.24) is 19.6 Å². The SMILES string of the molecule is Nc1ccc(S(=O)(=O)N2CCNC[C@@H]2CCc2c(F)cncc2CC(=O)C[C@@H](c2ccc(F)cc2)c2cc(F)cc(F)c2)cn1. The van der Waals surface area contributed by atoms with Crippen LogP contribution in [-0.4, -0.2) is 54.2 Å². The minimum Gasteiger partial charge on any atom is -0.384 e. The third-order valence-electron chi connectivity index (χ3n) is 7.86. The van der Waals surface area contributed by atoms with Crippen LogP contribution in [0.4, 0.5) is 23.4 Å². The molecular weight excluding hydrogens is 610 g/mol. The number of rotatable bonds is 11. The van der Waals surface area contributed by atoms with Crippen molar-refractivity contribution >= 4 is 21.6 Å². The van der Waals surface area contributed by atoms with E-state index in [4.69, 9.17) is 5.73 Å². The Morgan fingerprint density at radius 3 is 2.38 bits per heavy atom. The summed E-state index contributed by atoms with van der Waals surface area (Å²) in [5.74, 6) is -3.74. The summed E-state index contributed by atoms with van der Waals surface area (Å²) in [6, 6.07) is 10.5. The van der Waals surface area contributed by atoms with Gasteiger partial charge in [0.1, 0.15) is 39.8 Å². The molecule has 0 bridgehead atoms. The molecule has 3 N–H and O–H groups in total. The molecule has 0 aliphatic carbocycles. The maximum Gasteiger partial charge on any atom is 0.244 e. The lowest BCUT2D eigenvalue weighted by atomic mass is 9.85. The Morgan fingerprint density at radius 2 is 1.69 bits per heavy atom. The maximum absolute atomic E-state index is 15.1. The molecule has 236 valence electrons. The number of pyridine rings is 2. The van der Waals surface area contributed by atoms with Gasteiger partial charge in [-0.1, -0.05) is 12.1 Å². The van der Waals surface area contributed by atoms with Crippen molar-refractivity contribution in [2.24, 2.45) is 0 Å². The van der Waals surface area contributed by atoms with Crippen molar-refractivity contribution in [1.29, 1.82) is 0 Å². The van der Waals surface area contributed by atoms with Crippen molar-refractivity contribution in [2.75, 3.05) is 25.4 Å². The zero-order chi connectivity index (χ0) is 32.1. The molecule has 13 heteroatoms. The summed E-state index contributed by atoms with van der Waals surface area (Å²) < 4.78 is 85.2. The summed E-state index contributed by atoms with van der Waals surface area (Å²) in [6.07, 6.45) is 3.57. The summed E-state index contributed by atoms with van der Waals surface area (Å²) in [7, 11) is -3.91. The fraction of sp³-hybridized carbons (Fsp3) is 0.281. The van der Waals surface area contributed by atoms with Gasteiger partial charge in [0, 0.05) is 62.9 Å². The summed E-state index contributed by atoms with van der Waals surface area (Å²) >= 11 is 0. The van der Waals surface area contributed by atoms with Gasteiger partial charge in [-0.05, 0) is 71.5 Å². The molecule has 2 aromatic heterocycles. The Kier molecular flexibility index (Phi) is 9.90. The number of halogens is 4. The van der Waals surface area contributed by atoms with E-state index in [0.717, 1.165) is 24.4 Å². The number of anilines is 1. The molecule has 1 fully saturated rings. The maximum atomic E-state index is 15.1. The van der Waals surface area contributed by atoms with Crippen molar-refractivity contribution in [2.45, 2.75) is 42.5 Å². The van der Waals surface area contributed by atoms with E-state index in [1.807, 2.05) is 0 Å². The lowest BCUT2D eigenvalue weighted by Crippen LogP contribution is -2.53. The second kappa shape index (κ2) is 13.8. The van der Waals surface area contributed by atoms with Crippen molar-refractivity contribution < 1.29 is 30.8 Å². The molecule has 0 amide bonds. The molecule has 0 spiro atoms. The van der Waals surface area contributed by atoms with Crippen LogP contribution in [0.25, 0.3) is 0 Å². The number of hydrogen-bond acceptors (Lipinski definition) is 7. The third kappa shape index (κ3) is 7.72. The highest BCUT2D eigenvalue weighted by Crippen LogP contribution is 2.31. The standard InChI is InChI=1S/C32H31F4N5O3S/c33-23-3-1-20(2-4-23)30(21-11-24(34)14-25(35)12-21)15-27(42)13-22-16-39-19-31(36)29(22)7-5-26-17-38-9-10-41(26)45(43,44)28-6-8-32(37)40-18-28/h1-4,6,8,11-12,14,16,18-19,26,30,38H,5,7,9-10,13,15,17H2,(H2,37,40)/t26-,30-/m0/s1. The molecule has 0 radical (unpaired) electrons. The highest BCUT2D eigenvalue weighted by Gasteiger charge is 2.34. The van der Waals surface area contributed by atoms with Gasteiger partial charge in [-0.15, -0.1) is 0 Å². The third-order valence-corrected chi connectivity index (χ3v) is 9.80. The number of piperazine rings is 1. The first-order chi connectivity index (χ1) is 21.5. The predicted octanol–water partition coefficient (Wildman–Crippen LogP) is 4.54. The fourth-order valence-electron chi connectivity index (χ4n) is 5.64. The molecule has 0 unspecified atom stereocenters. The Bertz CT molecular complexity index is 1750. The van der Waals surface area contributed by atoms with Gasteiger partial charge < -0.3 is 11.1 Å². The van der Waals surface area contributed by atoms with Gasteiger partial charge in [-0.3, -0.25) is 9.78 Å². The quantitative estimate of drug-likeness (QED) is 0.231. The number of nitrogens with one attached hydrogen (secondary N) is 1. The Hall–Kier alpha value is -4.20. The van der Waals surface area contributed by atoms with Crippen LogP contribution < -0.4 is 11.1 Å². The van der Waals surface area contributed by atoms with Crippen molar-refractivity contribution in [3.63, 3.8) is 0 Å². The summed E-state index contributed by atoms with van der Waals surface area (Å²) in [4.78, 5) is 21.2. The number of carbonyl (C=O) groups excluding carboxylic acids is 1. The van der Waals surface area contributed by atoms with E-state index in [-0.39, 0.29) is 59.9 Å². The van der Waals surface area contributed by atoms with Crippen molar-refractivity contribution in [3.05, 3.63) is 119 Å². The van der Waals surface area contributed by atoms with E-state index < -0.39 is 45.3 Å². The fourth-order valence-corrected chi connectivity index (χ4v) is 7.24. The number of Topliss-reactive ketones (excluding diaryl/α,β-unsaturated/α-hetero) is 1. The molecule has 3 heterocycles. The summed E-state index contributed by atoms with van der Waals surface area (Å²) in [5, 5.41) is 3.18. The first-order valence-corrected chi connectivity index (χ1v) is 15.7. The minimum absolute atomic E-state index is 0.00105. The average molecular weight is 642 g/mol. The molecule has 1 aliphatic heterocycles. The highest BCUT2D eigenvalue weighted by molar-refractivity contribution is 7.89. The van der Waals surface area contributed by atoms with Gasteiger partial charge in [0.25, 0.3) is 0 Å². The molecule has 1 aliphatic rings. The highest BCUT2D eigenvalue weighted by atomic mass is 32.2. The van der Waals surface area contributed by atoms with Crippen LogP contribution in [0.3, 0.4) is 0 Å². The molecule has 0 saturated carbocycles. The van der Waals surface area contributed by atoms with E-state index in [9.17, 15) is 26.4 Å². The number of nitrogen functional groups attached to an aromatic ring is 1. The number of aromatic nitrogens is 2. The summed E-state index contributed by atoms with van der Waals surface area (Å²) in [5.41, 5.74) is 6.85. The summed E-state index contributed by atoms with van der Waals surface area (Å²) in [6.45, 7) is 0.977. The molecule has 4 aromatic rings. The van der Waals surface area contributed by atoms with Gasteiger partial charge in [-0.25, -0.2) is 31.0 Å². The molecule has 8 nitrogen and oxygen atoms in total. The van der Waals surface area contributed by atoms with Crippen LogP contribution >= 0.6 is 0 Å². The normalized spacial score (nSPS) is 16.4. The number of carbonyl (C=O) groups is 1. The number of hydrogen-bond donors (Lipinski definition) is 2. The van der Waals surface area contributed by atoms with Crippen molar-refractivity contribution in [3.8, 4) is 0 Å². The largest absolute Gasteiger partial charge is 0.384 e. The Balaban J connectivity index is 1.35. The molecule has 2 atom stereocenters. The zero-order valence-electron chi connectivity index (χ0n) is 24.1. The molecule has 1 saturated heterocycles. The Labute approximate surface area is 258 Å². The van der Waals surface area contributed by atoms with E-state index in [1.165, 1.54) is 53.1 Å². The number of sulfonamides is 1. The number of nitrogens with two attached hydrogens (primary N) is 1. The number of nitrogens with zero attached hydrogens (tertiary/aromatic N) is 3. The van der Waals surface area contributed by atoms with Gasteiger partial charge in [0.05, 0.1) is 6.20 Å². The van der Waals surface area contributed by atoms with Crippen LogP contribution in [0, 0.1) is 23.3 Å². The monoisotopic (exact) mass is 641 g/mol. The second-order valence-electron chi connectivity index (χ2n) is 10.9. The van der Waals surface area contributed by atoms with Crippen LogP contribution in [0.1, 0.15) is 41.0 Å². The molecule has 5 rings (SSSR count). The van der Waals surface area contributed by atoms with E-state index in [0.29, 0.717) is 24.2 Å². The van der Waals surface area contributed by atoms with Crippen LogP contribution in [-0.2, 0) is 27.7 Å². The minimum atomic E-state index is -3.91. The second-order valence-corrected chi connectivity index (χ2v) is 12.8. The zero-order valence-corrected chi connectivity index (χ0v) is 24.9. The molecule has 45 heavy (non-hydrogen) atoms. The lowest BCUT2D eigenvalue weighted by molar-refractivity contribution is -0.118. The van der Waals surface area contributed by atoms with E-state index in [1.54, 1.807) is 0 Å². The van der Waals surface area contributed by atoms with Gasteiger partial charge in [0.2, 0.25) is 10.0 Å². The van der Waals surface area contributed by atoms with Gasteiger partial charge in [-0.2, -0.15) is 4.31 Å². The van der Waals surface area contributed by atoms with Crippen LogP contribution in [0.5, 0.6) is 0 Å². The molecule has 2 aromatic carbocycles.